The van der Waals surface area contributed by atoms with Gasteiger partial charge in [-0.05, 0) is 140 Å². The van der Waals surface area contributed by atoms with Crippen molar-refractivity contribution in [3.05, 3.63) is 35.4 Å². The molecule has 0 amide bonds. The van der Waals surface area contributed by atoms with Gasteiger partial charge >= 0.3 is 5.97 Å². The lowest BCUT2D eigenvalue weighted by atomic mass is 9.41. The van der Waals surface area contributed by atoms with Crippen molar-refractivity contribution in [1.29, 1.82) is 0 Å². The van der Waals surface area contributed by atoms with E-state index < -0.39 is 0 Å². The van der Waals surface area contributed by atoms with Crippen LogP contribution in [0.15, 0.2) is 24.3 Å². The molecule has 1 aromatic rings. The standard InChI is InChI=1S/C35H52O4/c1-6-25-30-19-24(36)13-15-35(30,4)29-14-16-34(3)27(11-12-28(34)31(29)32(25)37)20(2)17-23-18-26(23)21-7-9-22(10-8-21)33(38)39-5/h7-10,20,23-32,36-37H,6,11-19H2,1-5H3/t20-,23?,24-,25-,26?,27-,28?,29?,30+,31?,32-,34-,35-/m1/s1. The Balaban J connectivity index is 1.15. The largest absolute Gasteiger partial charge is 0.465 e. The zero-order chi connectivity index (χ0) is 27.7. The van der Waals surface area contributed by atoms with E-state index in [0.29, 0.717) is 52.4 Å². The third kappa shape index (κ3) is 4.42. The summed E-state index contributed by atoms with van der Waals surface area (Å²) < 4.78 is 4.86. The van der Waals surface area contributed by atoms with E-state index in [-0.39, 0.29) is 23.6 Å². The molecule has 5 saturated carbocycles. The molecule has 5 aliphatic carbocycles. The summed E-state index contributed by atoms with van der Waals surface area (Å²) in [6.07, 6.45) is 11.4. The van der Waals surface area contributed by atoms with Gasteiger partial charge in [-0.1, -0.05) is 46.2 Å². The minimum absolute atomic E-state index is 0.177. The summed E-state index contributed by atoms with van der Waals surface area (Å²) in [5.41, 5.74) is 2.61. The Morgan fingerprint density at radius 1 is 0.974 bits per heavy atom. The van der Waals surface area contributed by atoms with Crippen molar-refractivity contribution < 1.29 is 19.7 Å². The first-order valence-electron chi connectivity index (χ1n) is 16.2. The van der Waals surface area contributed by atoms with E-state index in [9.17, 15) is 15.0 Å². The van der Waals surface area contributed by atoms with Crippen LogP contribution in [-0.2, 0) is 4.74 Å². The molecule has 6 rings (SSSR count). The van der Waals surface area contributed by atoms with Crippen molar-refractivity contribution in [3.8, 4) is 0 Å². The van der Waals surface area contributed by atoms with Crippen LogP contribution in [0, 0.1) is 58.2 Å². The number of carbonyl (C=O) groups is 1. The highest BCUT2D eigenvalue weighted by Crippen LogP contribution is 2.70. The molecule has 216 valence electrons. The van der Waals surface area contributed by atoms with Gasteiger partial charge in [0.1, 0.15) is 0 Å². The topological polar surface area (TPSA) is 66.8 Å². The van der Waals surface area contributed by atoms with Gasteiger partial charge in [0.25, 0.3) is 0 Å². The zero-order valence-corrected chi connectivity index (χ0v) is 24.9. The number of ether oxygens (including phenoxy) is 1. The van der Waals surface area contributed by atoms with Gasteiger partial charge in [0, 0.05) is 0 Å². The first kappa shape index (κ1) is 27.8. The first-order valence-corrected chi connectivity index (χ1v) is 16.2. The van der Waals surface area contributed by atoms with E-state index in [1.54, 1.807) is 0 Å². The number of hydrogen-bond donors (Lipinski definition) is 2. The molecule has 2 N–H and O–H groups in total. The molecule has 4 heteroatoms. The van der Waals surface area contributed by atoms with Crippen LogP contribution in [0.25, 0.3) is 0 Å². The van der Waals surface area contributed by atoms with Gasteiger partial charge in [-0.2, -0.15) is 0 Å². The second kappa shape index (κ2) is 10.2. The quantitative estimate of drug-likeness (QED) is 0.376. The van der Waals surface area contributed by atoms with Crippen LogP contribution in [0.3, 0.4) is 0 Å². The third-order valence-corrected chi connectivity index (χ3v) is 13.5. The number of benzene rings is 1. The van der Waals surface area contributed by atoms with Crippen LogP contribution in [-0.4, -0.2) is 35.5 Å². The molecule has 5 fully saturated rings. The molecule has 4 nitrogen and oxygen atoms in total. The molecule has 39 heavy (non-hydrogen) atoms. The lowest BCUT2D eigenvalue weighted by Crippen LogP contribution is -2.62. The Morgan fingerprint density at radius 3 is 2.36 bits per heavy atom. The Bertz CT molecular complexity index is 1050. The summed E-state index contributed by atoms with van der Waals surface area (Å²) in [5.74, 6) is 5.06. The molecule has 0 radical (unpaired) electrons. The van der Waals surface area contributed by atoms with Crippen LogP contribution >= 0.6 is 0 Å². The summed E-state index contributed by atoms with van der Waals surface area (Å²) in [6.45, 7) is 9.93. The van der Waals surface area contributed by atoms with Crippen LogP contribution < -0.4 is 0 Å². The van der Waals surface area contributed by atoms with E-state index in [1.165, 1.54) is 51.2 Å². The van der Waals surface area contributed by atoms with Crippen molar-refractivity contribution in [1.82, 2.24) is 0 Å². The summed E-state index contributed by atoms with van der Waals surface area (Å²) in [5, 5.41) is 22.5. The monoisotopic (exact) mass is 536 g/mol. The van der Waals surface area contributed by atoms with Crippen LogP contribution in [0.1, 0.15) is 114 Å². The maximum Gasteiger partial charge on any atom is 0.337 e. The molecule has 0 aliphatic heterocycles. The van der Waals surface area contributed by atoms with E-state index in [1.807, 2.05) is 12.1 Å². The lowest BCUT2D eigenvalue weighted by Gasteiger charge is -2.64. The average molecular weight is 537 g/mol. The first-order chi connectivity index (χ1) is 18.6. The van der Waals surface area contributed by atoms with Crippen molar-refractivity contribution >= 4 is 5.97 Å². The van der Waals surface area contributed by atoms with Gasteiger partial charge in [0.15, 0.2) is 0 Å². The highest BCUT2D eigenvalue weighted by molar-refractivity contribution is 5.89. The summed E-state index contributed by atoms with van der Waals surface area (Å²) >= 11 is 0. The van der Waals surface area contributed by atoms with Crippen LogP contribution in [0.2, 0.25) is 0 Å². The SMILES string of the molecule is CC[C@H]1[C@@H](O)C2C3CC[C@H]([C@H](C)CC4CC4c4ccc(C(=O)OC)cc4)[C@@]3(C)CCC2[C@@]2(C)CC[C@@H](O)C[C@@H]12. The van der Waals surface area contributed by atoms with Crippen LogP contribution in [0.4, 0.5) is 0 Å². The number of rotatable bonds is 6. The number of fused-ring (bicyclic) bond motifs is 5. The maximum absolute atomic E-state index is 12.0. The third-order valence-electron chi connectivity index (χ3n) is 13.5. The molecular weight excluding hydrogens is 484 g/mol. The van der Waals surface area contributed by atoms with Gasteiger partial charge < -0.3 is 14.9 Å². The predicted octanol–water partition coefficient (Wildman–Crippen LogP) is 7.23. The Morgan fingerprint density at radius 2 is 1.67 bits per heavy atom. The van der Waals surface area contributed by atoms with E-state index in [0.717, 1.165) is 37.5 Å². The highest BCUT2D eigenvalue weighted by atomic mass is 16.5. The maximum atomic E-state index is 12.0. The molecule has 0 bridgehead atoms. The van der Waals surface area contributed by atoms with Gasteiger partial charge in [-0.15, -0.1) is 0 Å². The number of aliphatic hydroxyl groups excluding tert-OH is 2. The van der Waals surface area contributed by atoms with Crippen molar-refractivity contribution in [2.45, 2.75) is 110 Å². The second-order valence-electron chi connectivity index (χ2n) is 15.1. The lowest BCUT2D eigenvalue weighted by molar-refractivity contribution is -0.203. The van der Waals surface area contributed by atoms with Gasteiger partial charge in [-0.3, -0.25) is 0 Å². The summed E-state index contributed by atoms with van der Waals surface area (Å²) in [6, 6.07) is 8.08. The van der Waals surface area contributed by atoms with E-state index in [4.69, 9.17) is 4.74 Å². The molecule has 0 spiro atoms. The summed E-state index contributed by atoms with van der Waals surface area (Å²) in [4.78, 5) is 11.8. The number of methoxy groups -OCH3 is 1. The molecule has 1 aromatic carbocycles. The molecule has 5 aliphatic rings. The van der Waals surface area contributed by atoms with E-state index in [2.05, 4.69) is 39.8 Å². The van der Waals surface area contributed by atoms with Crippen molar-refractivity contribution in [2.24, 2.45) is 58.2 Å². The summed E-state index contributed by atoms with van der Waals surface area (Å²) in [7, 11) is 1.43. The fourth-order valence-corrected chi connectivity index (χ4v) is 11.5. The van der Waals surface area contributed by atoms with Gasteiger partial charge in [0.05, 0.1) is 24.9 Å². The van der Waals surface area contributed by atoms with Crippen molar-refractivity contribution in [3.63, 3.8) is 0 Å². The molecular formula is C35H52O4. The molecule has 0 aromatic heterocycles. The predicted molar refractivity (Wildman–Crippen MR) is 154 cm³/mol. The van der Waals surface area contributed by atoms with Crippen LogP contribution in [0.5, 0.6) is 0 Å². The molecule has 5 unspecified atom stereocenters. The molecule has 13 atom stereocenters. The average Bonchev–Trinajstić information content (AvgIpc) is 3.60. The van der Waals surface area contributed by atoms with Gasteiger partial charge in [-0.25, -0.2) is 4.79 Å². The highest BCUT2D eigenvalue weighted by Gasteiger charge is 2.65. The minimum atomic E-state index is -0.264. The fourth-order valence-electron chi connectivity index (χ4n) is 11.5. The number of hydrogen-bond acceptors (Lipinski definition) is 4. The Kier molecular flexibility index (Phi) is 7.23. The Labute approximate surface area is 236 Å². The smallest absolute Gasteiger partial charge is 0.337 e. The Hall–Kier alpha value is -1.39. The van der Waals surface area contributed by atoms with Gasteiger partial charge in [0.2, 0.25) is 0 Å². The number of esters is 1. The minimum Gasteiger partial charge on any atom is -0.465 e. The normalized spacial score (nSPS) is 47.5. The van der Waals surface area contributed by atoms with Crippen molar-refractivity contribution in [2.75, 3.05) is 7.11 Å². The zero-order valence-electron chi connectivity index (χ0n) is 24.9. The molecule has 0 heterocycles. The molecule has 0 saturated heterocycles. The second-order valence-corrected chi connectivity index (χ2v) is 15.1. The fraction of sp³-hybridized carbons (Fsp3) is 0.800. The van der Waals surface area contributed by atoms with E-state index >= 15 is 0 Å². The number of aliphatic hydroxyl groups is 2. The number of carbonyl (C=O) groups excluding carboxylic acids is 1.